The molecule has 1 aromatic rings. The zero-order valence-electron chi connectivity index (χ0n) is 11.3. The lowest BCUT2D eigenvalue weighted by Crippen LogP contribution is -2.19. The van der Waals surface area contributed by atoms with Crippen molar-refractivity contribution in [2.75, 3.05) is 20.6 Å². The van der Waals surface area contributed by atoms with Crippen LogP contribution in [0.1, 0.15) is 25.0 Å². The van der Waals surface area contributed by atoms with Crippen LogP contribution in [0.15, 0.2) is 18.2 Å². The third-order valence-electron chi connectivity index (χ3n) is 2.48. The van der Waals surface area contributed by atoms with Gasteiger partial charge in [0.25, 0.3) is 0 Å². The first kappa shape index (κ1) is 14.1. The summed E-state index contributed by atoms with van der Waals surface area (Å²) < 4.78 is 13.5. The predicted molar refractivity (Wildman–Crippen MR) is 70.3 cm³/mol. The Hall–Kier alpha value is -0.930. The average Bonchev–Trinajstić information content (AvgIpc) is 2.21. The number of hydrogen-bond acceptors (Lipinski definition) is 2. The Morgan fingerprint density at radius 1 is 1.29 bits per heavy atom. The minimum absolute atomic E-state index is 0.119. The number of nitrogens with one attached hydrogen (secondary N) is 1. The van der Waals surface area contributed by atoms with Crippen LogP contribution in [-0.4, -0.2) is 25.5 Å². The van der Waals surface area contributed by atoms with Crippen molar-refractivity contribution in [1.29, 1.82) is 0 Å². The molecule has 0 radical (unpaired) electrons. The van der Waals surface area contributed by atoms with Gasteiger partial charge in [0.05, 0.1) is 0 Å². The van der Waals surface area contributed by atoms with E-state index in [1.54, 1.807) is 6.07 Å². The van der Waals surface area contributed by atoms with Crippen LogP contribution < -0.4 is 5.32 Å². The molecule has 0 aliphatic rings. The van der Waals surface area contributed by atoms with Crippen LogP contribution in [-0.2, 0) is 13.1 Å². The smallest absolute Gasteiger partial charge is 0.127 e. The molecule has 0 aromatic heterocycles. The number of rotatable bonds is 6. The second-order valence-electron chi connectivity index (χ2n) is 5.19. The summed E-state index contributed by atoms with van der Waals surface area (Å²) in [5, 5.41) is 3.37. The molecule has 2 nitrogen and oxygen atoms in total. The van der Waals surface area contributed by atoms with Gasteiger partial charge in [-0.2, -0.15) is 0 Å². The second kappa shape index (κ2) is 6.72. The molecule has 0 amide bonds. The lowest BCUT2D eigenvalue weighted by molar-refractivity contribution is 0.392. The first-order chi connectivity index (χ1) is 7.99. The zero-order valence-corrected chi connectivity index (χ0v) is 11.3. The Morgan fingerprint density at radius 2 is 2.00 bits per heavy atom. The maximum Gasteiger partial charge on any atom is 0.127 e. The van der Waals surface area contributed by atoms with Crippen LogP contribution in [0.2, 0.25) is 0 Å². The summed E-state index contributed by atoms with van der Waals surface area (Å²) in [6.45, 7) is 6.79. The van der Waals surface area contributed by atoms with Crippen molar-refractivity contribution in [2.45, 2.75) is 26.9 Å². The normalized spacial score (nSPS) is 11.5. The summed E-state index contributed by atoms with van der Waals surface area (Å²) in [5.41, 5.74) is 1.91. The van der Waals surface area contributed by atoms with E-state index in [1.807, 2.05) is 31.1 Å². The Kier molecular flexibility index (Phi) is 5.59. The van der Waals surface area contributed by atoms with E-state index >= 15 is 0 Å². The van der Waals surface area contributed by atoms with Crippen molar-refractivity contribution >= 4 is 0 Å². The molecule has 1 aromatic carbocycles. The van der Waals surface area contributed by atoms with Gasteiger partial charge in [-0.25, -0.2) is 4.39 Å². The van der Waals surface area contributed by atoms with Gasteiger partial charge in [0.1, 0.15) is 5.82 Å². The molecule has 0 fully saturated rings. The van der Waals surface area contributed by atoms with E-state index in [2.05, 4.69) is 19.2 Å². The van der Waals surface area contributed by atoms with Gasteiger partial charge in [0, 0.05) is 18.7 Å². The van der Waals surface area contributed by atoms with E-state index in [0.717, 1.165) is 24.2 Å². The summed E-state index contributed by atoms with van der Waals surface area (Å²) in [7, 11) is 3.90. The van der Waals surface area contributed by atoms with Crippen molar-refractivity contribution in [3.8, 4) is 0 Å². The van der Waals surface area contributed by atoms with Crippen molar-refractivity contribution in [1.82, 2.24) is 10.2 Å². The Balaban J connectivity index is 2.61. The molecule has 0 heterocycles. The molecule has 17 heavy (non-hydrogen) atoms. The summed E-state index contributed by atoms with van der Waals surface area (Å²) in [6.07, 6.45) is 0. The molecule has 0 saturated heterocycles. The van der Waals surface area contributed by atoms with Crippen LogP contribution in [0.5, 0.6) is 0 Å². The lowest BCUT2D eigenvalue weighted by Gasteiger charge is -2.13. The van der Waals surface area contributed by atoms with Crippen molar-refractivity contribution in [2.24, 2.45) is 5.92 Å². The molecule has 0 bridgehead atoms. The van der Waals surface area contributed by atoms with Crippen LogP contribution in [0.4, 0.5) is 4.39 Å². The monoisotopic (exact) mass is 238 g/mol. The molecule has 1 rings (SSSR count). The van der Waals surface area contributed by atoms with Crippen molar-refractivity contribution in [3.05, 3.63) is 35.1 Å². The van der Waals surface area contributed by atoms with Gasteiger partial charge >= 0.3 is 0 Å². The fourth-order valence-electron chi connectivity index (χ4n) is 1.71. The minimum atomic E-state index is -0.119. The van der Waals surface area contributed by atoms with Gasteiger partial charge in [-0.15, -0.1) is 0 Å². The average molecular weight is 238 g/mol. The van der Waals surface area contributed by atoms with Gasteiger partial charge in [-0.3, -0.25) is 0 Å². The van der Waals surface area contributed by atoms with Crippen LogP contribution in [0, 0.1) is 11.7 Å². The van der Waals surface area contributed by atoms with Crippen molar-refractivity contribution < 1.29 is 4.39 Å². The number of halogens is 1. The quantitative estimate of drug-likeness (QED) is 0.819. The van der Waals surface area contributed by atoms with Crippen LogP contribution in [0.25, 0.3) is 0 Å². The maximum absolute atomic E-state index is 13.5. The molecule has 1 N–H and O–H groups in total. The standard InChI is InChI=1S/C14H23FN2/c1-11(2)8-16-9-12-5-6-14(15)13(7-12)10-17(3)4/h5-7,11,16H,8-10H2,1-4H3. The zero-order chi connectivity index (χ0) is 12.8. The third-order valence-corrected chi connectivity index (χ3v) is 2.48. The molecule has 3 heteroatoms. The first-order valence-electron chi connectivity index (χ1n) is 6.11. The summed E-state index contributed by atoms with van der Waals surface area (Å²) >= 11 is 0. The van der Waals surface area contributed by atoms with Gasteiger partial charge in [-0.05, 0) is 38.2 Å². The Morgan fingerprint density at radius 3 is 2.59 bits per heavy atom. The highest BCUT2D eigenvalue weighted by Crippen LogP contribution is 2.12. The van der Waals surface area contributed by atoms with E-state index in [9.17, 15) is 4.39 Å². The third kappa shape index (κ3) is 5.29. The molecule has 96 valence electrons. The van der Waals surface area contributed by atoms with E-state index in [4.69, 9.17) is 0 Å². The molecule has 0 atom stereocenters. The maximum atomic E-state index is 13.5. The van der Waals surface area contributed by atoms with Crippen molar-refractivity contribution in [3.63, 3.8) is 0 Å². The van der Waals surface area contributed by atoms with E-state index in [0.29, 0.717) is 12.5 Å². The van der Waals surface area contributed by atoms with Crippen LogP contribution in [0.3, 0.4) is 0 Å². The molecule has 0 aliphatic heterocycles. The highest BCUT2D eigenvalue weighted by atomic mass is 19.1. The highest BCUT2D eigenvalue weighted by Gasteiger charge is 2.05. The predicted octanol–water partition coefficient (Wildman–Crippen LogP) is 2.63. The largest absolute Gasteiger partial charge is 0.312 e. The lowest BCUT2D eigenvalue weighted by atomic mass is 10.1. The summed E-state index contributed by atoms with van der Waals surface area (Å²) in [4.78, 5) is 1.98. The Labute approximate surface area is 104 Å². The van der Waals surface area contributed by atoms with Gasteiger partial charge in [0.2, 0.25) is 0 Å². The van der Waals surface area contributed by atoms with E-state index in [-0.39, 0.29) is 5.82 Å². The summed E-state index contributed by atoms with van der Waals surface area (Å²) in [5.74, 6) is 0.517. The minimum Gasteiger partial charge on any atom is -0.312 e. The second-order valence-corrected chi connectivity index (χ2v) is 5.19. The van der Waals surface area contributed by atoms with Crippen LogP contribution >= 0.6 is 0 Å². The molecule has 0 spiro atoms. The Bertz CT molecular complexity index is 348. The first-order valence-corrected chi connectivity index (χ1v) is 6.11. The molecule has 0 unspecified atom stereocenters. The van der Waals surface area contributed by atoms with Gasteiger partial charge in [-0.1, -0.05) is 26.0 Å². The molecular weight excluding hydrogens is 215 g/mol. The number of nitrogens with zero attached hydrogens (tertiary/aromatic N) is 1. The van der Waals surface area contributed by atoms with E-state index < -0.39 is 0 Å². The highest BCUT2D eigenvalue weighted by molar-refractivity contribution is 5.25. The topological polar surface area (TPSA) is 15.3 Å². The molecule has 0 aliphatic carbocycles. The fraction of sp³-hybridized carbons (Fsp3) is 0.571. The number of hydrogen-bond donors (Lipinski definition) is 1. The number of benzene rings is 1. The van der Waals surface area contributed by atoms with E-state index in [1.165, 1.54) is 0 Å². The van der Waals surface area contributed by atoms with Gasteiger partial charge < -0.3 is 10.2 Å². The SMILES string of the molecule is CC(C)CNCc1ccc(F)c(CN(C)C)c1. The molecular formula is C14H23FN2. The van der Waals surface area contributed by atoms with Gasteiger partial charge in [0.15, 0.2) is 0 Å². The summed E-state index contributed by atoms with van der Waals surface area (Å²) in [6, 6.07) is 5.36. The fourth-order valence-corrected chi connectivity index (χ4v) is 1.71. The molecule has 0 saturated carbocycles.